The van der Waals surface area contributed by atoms with Crippen LogP contribution in [0.5, 0.6) is 17.2 Å². The van der Waals surface area contributed by atoms with Crippen LogP contribution in [0.15, 0.2) is 24.3 Å². The molecule has 0 bridgehead atoms. The van der Waals surface area contributed by atoms with E-state index in [4.69, 9.17) is 4.74 Å². The van der Waals surface area contributed by atoms with Crippen molar-refractivity contribution >= 4 is 11.6 Å². The Morgan fingerprint density at radius 3 is 2.03 bits per heavy atom. The van der Waals surface area contributed by atoms with E-state index in [1.807, 2.05) is 0 Å². The fourth-order valence-electron chi connectivity index (χ4n) is 4.49. The lowest BCUT2D eigenvalue weighted by Gasteiger charge is -2.30. The Hall–Kier alpha value is -2.38. The van der Waals surface area contributed by atoms with E-state index >= 15 is 0 Å². The fraction of sp³-hybridized carbons (Fsp3) is 0.462. The summed E-state index contributed by atoms with van der Waals surface area (Å²) in [7, 11) is 5.69. The zero-order valence-electron chi connectivity index (χ0n) is 19.9. The molecule has 0 unspecified atom stereocenters. The number of unbranched alkanes of at least 4 members (excludes halogenated alkanes) is 5. The van der Waals surface area contributed by atoms with E-state index in [0.29, 0.717) is 12.3 Å². The molecule has 0 aromatic heterocycles. The van der Waals surface area contributed by atoms with Crippen molar-refractivity contribution in [2.75, 3.05) is 27.7 Å². The largest absolute Gasteiger partial charge is 1.00 e. The van der Waals surface area contributed by atoms with Crippen LogP contribution >= 0.6 is 0 Å². The van der Waals surface area contributed by atoms with Crippen molar-refractivity contribution in [3.8, 4) is 17.2 Å². The average molecular weight is 520 g/mol. The minimum Gasteiger partial charge on any atom is -1.00 e. The van der Waals surface area contributed by atoms with E-state index in [-0.39, 0.29) is 50.7 Å². The first-order chi connectivity index (χ1) is 15.2. The summed E-state index contributed by atoms with van der Waals surface area (Å²) >= 11 is 0. The van der Waals surface area contributed by atoms with Gasteiger partial charge < -0.3 is 36.4 Å². The molecule has 1 aliphatic carbocycles. The summed E-state index contributed by atoms with van der Waals surface area (Å²) in [6, 6.07) is 6.02. The molecule has 0 saturated carbocycles. The van der Waals surface area contributed by atoms with Crippen LogP contribution in [-0.4, -0.2) is 54.0 Å². The van der Waals surface area contributed by atoms with Crippen molar-refractivity contribution in [1.82, 2.24) is 0 Å². The number of methoxy groups -OCH3 is 1. The monoisotopic (exact) mass is 519 g/mol. The number of ether oxygens (including phenoxy) is 1. The van der Waals surface area contributed by atoms with Crippen LogP contribution in [0.4, 0.5) is 0 Å². The van der Waals surface area contributed by atoms with Gasteiger partial charge in [0.25, 0.3) is 0 Å². The van der Waals surface area contributed by atoms with Gasteiger partial charge in [-0.1, -0.05) is 32.6 Å². The third-order valence-corrected chi connectivity index (χ3v) is 6.18. The normalized spacial score (nSPS) is 12.7. The number of rotatable bonds is 10. The SMILES string of the molecule is CCCCCCCC[N+](C)(C)Cc1cc(O)c2c(c1)C(=O)c1cc(OC)cc(O)c1C2=O.[Br-]. The van der Waals surface area contributed by atoms with Gasteiger partial charge in [0.15, 0.2) is 5.78 Å². The molecule has 7 heteroatoms. The first-order valence-corrected chi connectivity index (χ1v) is 11.4. The molecule has 33 heavy (non-hydrogen) atoms. The second kappa shape index (κ2) is 11.2. The summed E-state index contributed by atoms with van der Waals surface area (Å²) in [6.07, 6.45) is 7.37. The first-order valence-electron chi connectivity index (χ1n) is 11.4. The molecule has 0 radical (unpaired) electrons. The number of phenolic OH excluding ortho intramolecular Hbond substituents is 2. The predicted molar refractivity (Wildman–Crippen MR) is 124 cm³/mol. The highest BCUT2D eigenvalue weighted by Crippen LogP contribution is 2.39. The number of hydrogen-bond acceptors (Lipinski definition) is 5. The van der Waals surface area contributed by atoms with Gasteiger partial charge in [-0.3, -0.25) is 9.59 Å². The van der Waals surface area contributed by atoms with Gasteiger partial charge in [0, 0.05) is 22.8 Å². The van der Waals surface area contributed by atoms with Crippen LogP contribution < -0.4 is 21.7 Å². The van der Waals surface area contributed by atoms with E-state index < -0.39 is 11.6 Å². The van der Waals surface area contributed by atoms with Crippen molar-refractivity contribution in [3.63, 3.8) is 0 Å². The van der Waals surface area contributed by atoms with Crippen molar-refractivity contribution in [3.05, 3.63) is 52.1 Å². The number of halogens is 1. The number of fused-ring (bicyclic) bond motifs is 2. The maximum atomic E-state index is 13.2. The summed E-state index contributed by atoms with van der Waals surface area (Å²) in [6.45, 7) is 3.84. The molecule has 0 saturated heterocycles. The lowest BCUT2D eigenvalue weighted by Crippen LogP contribution is -3.00. The van der Waals surface area contributed by atoms with Gasteiger partial charge in [-0.15, -0.1) is 0 Å². The Kier molecular flexibility index (Phi) is 9.09. The lowest BCUT2D eigenvalue weighted by molar-refractivity contribution is -0.903. The zero-order valence-corrected chi connectivity index (χ0v) is 21.5. The number of hydrogen-bond donors (Lipinski definition) is 2. The number of aromatic hydroxyl groups is 2. The summed E-state index contributed by atoms with van der Waals surface area (Å²) in [5.41, 5.74) is 0.925. The predicted octanol–water partition coefficient (Wildman–Crippen LogP) is 1.82. The third kappa shape index (κ3) is 5.95. The van der Waals surface area contributed by atoms with E-state index in [1.54, 1.807) is 12.1 Å². The molecule has 0 atom stereocenters. The molecule has 1 aliphatic rings. The standard InChI is InChI=1S/C26H33NO5.BrH/c1-5-6-7-8-9-10-11-27(2,3)16-17-12-19-23(21(28)13-17)26(31)24-20(25(19)30)14-18(32-4)15-22(24)29;/h12-15H,5-11,16H2,1-4H3,(H-,28,29,31);1H. The van der Waals surface area contributed by atoms with Gasteiger partial charge in [0.05, 0.1) is 38.9 Å². The molecular formula is C26H34BrNO5. The average Bonchev–Trinajstić information content (AvgIpc) is 2.73. The highest BCUT2D eigenvalue weighted by atomic mass is 79.9. The minimum absolute atomic E-state index is 0. The highest BCUT2D eigenvalue weighted by Gasteiger charge is 2.35. The Labute approximate surface area is 206 Å². The Bertz CT molecular complexity index is 1030. The summed E-state index contributed by atoms with van der Waals surface area (Å²) in [4.78, 5) is 26.2. The molecule has 0 fully saturated rings. The van der Waals surface area contributed by atoms with Crippen molar-refractivity contribution in [2.24, 2.45) is 0 Å². The van der Waals surface area contributed by atoms with Crippen molar-refractivity contribution in [1.29, 1.82) is 0 Å². The Morgan fingerprint density at radius 2 is 1.39 bits per heavy atom. The minimum atomic E-state index is -0.556. The number of quaternary nitrogens is 1. The molecular weight excluding hydrogens is 486 g/mol. The van der Waals surface area contributed by atoms with Gasteiger partial charge in [-0.05, 0) is 31.0 Å². The smallest absolute Gasteiger partial charge is 0.201 e. The second-order valence-corrected chi connectivity index (χ2v) is 9.35. The van der Waals surface area contributed by atoms with Crippen LogP contribution in [0, 0.1) is 0 Å². The van der Waals surface area contributed by atoms with Crippen LogP contribution in [0.3, 0.4) is 0 Å². The number of phenols is 2. The topological polar surface area (TPSA) is 83.8 Å². The molecule has 2 aromatic carbocycles. The molecule has 0 aliphatic heterocycles. The third-order valence-electron chi connectivity index (χ3n) is 6.18. The zero-order chi connectivity index (χ0) is 23.5. The van der Waals surface area contributed by atoms with Crippen LogP contribution in [-0.2, 0) is 6.54 Å². The van der Waals surface area contributed by atoms with Crippen LogP contribution in [0.25, 0.3) is 0 Å². The molecule has 3 rings (SSSR count). The number of benzene rings is 2. The maximum Gasteiger partial charge on any atom is 0.201 e. The highest BCUT2D eigenvalue weighted by molar-refractivity contribution is 6.30. The molecule has 180 valence electrons. The van der Waals surface area contributed by atoms with E-state index in [1.165, 1.54) is 51.3 Å². The molecule has 6 nitrogen and oxygen atoms in total. The number of carbonyl (C=O) groups excluding carboxylic acids is 2. The van der Waals surface area contributed by atoms with Crippen LogP contribution in [0.2, 0.25) is 0 Å². The van der Waals surface area contributed by atoms with E-state index in [9.17, 15) is 19.8 Å². The first kappa shape index (κ1) is 26.9. The Morgan fingerprint density at radius 1 is 0.818 bits per heavy atom. The molecule has 0 amide bonds. The second-order valence-electron chi connectivity index (χ2n) is 9.35. The fourth-order valence-corrected chi connectivity index (χ4v) is 4.49. The van der Waals surface area contributed by atoms with Gasteiger partial charge in [-0.25, -0.2) is 0 Å². The van der Waals surface area contributed by atoms with E-state index in [0.717, 1.165) is 23.0 Å². The summed E-state index contributed by atoms with van der Waals surface area (Å²) in [5.74, 6) is -1.22. The maximum absolute atomic E-state index is 13.2. The lowest BCUT2D eigenvalue weighted by atomic mass is 9.82. The van der Waals surface area contributed by atoms with Gasteiger partial charge in [0.2, 0.25) is 5.78 Å². The van der Waals surface area contributed by atoms with Crippen molar-refractivity contribution < 1.29 is 46.0 Å². The van der Waals surface area contributed by atoms with E-state index in [2.05, 4.69) is 21.0 Å². The molecule has 0 spiro atoms. The summed E-state index contributed by atoms with van der Waals surface area (Å²) < 4.78 is 5.86. The quantitative estimate of drug-likeness (QED) is 0.315. The van der Waals surface area contributed by atoms with Gasteiger partial charge in [-0.2, -0.15) is 0 Å². The number of ketones is 2. The molecule has 0 heterocycles. The van der Waals surface area contributed by atoms with Crippen LogP contribution in [0.1, 0.15) is 82.9 Å². The number of nitrogens with zero attached hydrogens (tertiary/aromatic N) is 1. The molecule has 2 N–H and O–H groups in total. The van der Waals surface area contributed by atoms with Crippen molar-refractivity contribution in [2.45, 2.75) is 52.0 Å². The van der Waals surface area contributed by atoms with Gasteiger partial charge >= 0.3 is 0 Å². The Balaban J connectivity index is 0.00000385. The summed E-state index contributed by atoms with van der Waals surface area (Å²) in [5, 5.41) is 20.9. The molecule has 2 aromatic rings. The van der Waals surface area contributed by atoms with Gasteiger partial charge in [0.1, 0.15) is 23.8 Å². The number of carbonyl (C=O) groups is 2.